The van der Waals surface area contributed by atoms with E-state index in [0.717, 1.165) is 0 Å². The number of carbonyl (C=O) groups excluding carboxylic acids is 2. The van der Waals surface area contributed by atoms with Crippen molar-refractivity contribution >= 4 is 11.8 Å². The fourth-order valence-corrected chi connectivity index (χ4v) is 2.41. The molecule has 1 aliphatic rings. The molecule has 0 bridgehead atoms. The number of nitrogens with one attached hydrogen (secondary N) is 1. The lowest BCUT2D eigenvalue weighted by Crippen LogP contribution is -2.53. The van der Waals surface area contributed by atoms with Crippen molar-refractivity contribution in [1.29, 1.82) is 0 Å². The quantitative estimate of drug-likeness (QED) is 0.769. The summed E-state index contributed by atoms with van der Waals surface area (Å²) in [6, 6.07) is 6.45. The topological polar surface area (TPSA) is 93.9 Å². The minimum atomic E-state index is -0.476. The van der Waals surface area contributed by atoms with E-state index in [0.29, 0.717) is 37.5 Å². The molecule has 1 aromatic rings. The first-order chi connectivity index (χ1) is 11.0. The minimum absolute atomic E-state index is 0.0665. The first-order valence-electron chi connectivity index (χ1n) is 7.54. The lowest BCUT2D eigenvalue weighted by atomic mass is 10.1. The fraction of sp³-hybridized carbons (Fsp3) is 0.500. The molecule has 2 atom stereocenters. The summed E-state index contributed by atoms with van der Waals surface area (Å²) in [5, 5.41) is 2.95. The van der Waals surface area contributed by atoms with E-state index in [1.54, 1.807) is 29.2 Å². The van der Waals surface area contributed by atoms with E-state index in [1.807, 2.05) is 14.1 Å². The third-order valence-electron chi connectivity index (χ3n) is 3.53. The molecule has 2 rings (SSSR count). The molecule has 23 heavy (non-hydrogen) atoms. The van der Waals surface area contributed by atoms with Crippen LogP contribution in [0.5, 0.6) is 5.75 Å². The second-order valence-corrected chi connectivity index (χ2v) is 5.82. The van der Waals surface area contributed by atoms with Gasteiger partial charge in [-0.15, -0.1) is 0 Å². The van der Waals surface area contributed by atoms with Crippen LogP contribution < -0.4 is 15.8 Å². The molecule has 0 unspecified atom stereocenters. The van der Waals surface area contributed by atoms with Gasteiger partial charge in [0.2, 0.25) is 11.8 Å². The van der Waals surface area contributed by atoms with E-state index >= 15 is 0 Å². The fourth-order valence-electron chi connectivity index (χ4n) is 2.41. The molecular weight excluding hydrogens is 298 g/mol. The minimum Gasteiger partial charge on any atom is -0.488 e. The molecule has 0 radical (unpaired) electrons. The molecule has 0 spiro atoms. The van der Waals surface area contributed by atoms with Gasteiger partial charge in [0.25, 0.3) is 0 Å². The van der Waals surface area contributed by atoms with Crippen molar-refractivity contribution in [2.45, 2.75) is 18.6 Å². The Bertz CT molecular complexity index is 545. The van der Waals surface area contributed by atoms with Crippen LogP contribution in [0, 0.1) is 0 Å². The van der Waals surface area contributed by atoms with Gasteiger partial charge in [0, 0.05) is 12.0 Å². The van der Waals surface area contributed by atoms with Gasteiger partial charge in [-0.2, -0.15) is 0 Å². The van der Waals surface area contributed by atoms with Crippen LogP contribution in [0.15, 0.2) is 24.3 Å². The number of nitrogens with zero attached hydrogens (tertiary/aromatic N) is 1. The van der Waals surface area contributed by atoms with E-state index in [4.69, 9.17) is 15.2 Å². The Labute approximate surface area is 135 Å². The highest BCUT2D eigenvalue weighted by atomic mass is 16.5. The Balaban J connectivity index is 1.97. The summed E-state index contributed by atoms with van der Waals surface area (Å²) in [6.07, 6.45) is 0.513. The van der Waals surface area contributed by atoms with Gasteiger partial charge in [0.05, 0.1) is 25.8 Å². The van der Waals surface area contributed by atoms with Gasteiger partial charge < -0.3 is 25.4 Å². The van der Waals surface area contributed by atoms with Gasteiger partial charge in [-0.05, 0) is 38.4 Å². The summed E-state index contributed by atoms with van der Waals surface area (Å²) in [5.74, 6) is 0.0911. The molecule has 1 saturated heterocycles. The number of primary amides is 1. The largest absolute Gasteiger partial charge is 0.488 e. The van der Waals surface area contributed by atoms with Crippen LogP contribution in [0.1, 0.15) is 16.8 Å². The second-order valence-electron chi connectivity index (χ2n) is 5.82. The maximum atomic E-state index is 11.9. The smallest absolute Gasteiger partial charge is 0.248 e. The number of nitrogens with two attached hydrogens (primary N) is 1. The van der Waals surface area contributed by atoms with Crippen LogP contribution in [-0.4, -0.2) is 62.7 Å². The van der Waals surface area contributed by atoms with E-state index < -0.39 is 5.91 Å². The van der Waals surface area contributed by atoms with E-state index in [9.17, 15) is 9.59 Å². The lowest BCUT2D eigenvalue weighted by molar-refractivity contribution is -0.124. The van der Waals surface area contributed by atoms with E-state index in [2.05, 4.69) is 5.32 Å². The SMILES string of the molecule is CN(C)CC(=O)N[C@@H]1COCC[C@H]1Oc1ccc(C(N)=O)cc1. The van der Waals surface area contributed by atoms with Gasteiger partial charge in [-0.25, -0.2) is 0 Å². The number of rotatable bonds is 6. The van der Waals surface area contributed by atoms with Crippen molar-refractivity contribution in [1.82, 2.24) is 10.2 Å². The third kappa shape index (κ3) is 5.22. The van der Waals surface area contributed by atoms with Gasteiger partial charge in [0.1, 0.15) is 11.9 Å². The Morgan fingerprint density at radius 3 is 2.65 bits per heavy atom. The molecule has 7 heteroatoms. The van der Waals surface area contributed by atoms with Crippen molar-refractivity contribution in [3.05, 3.63) is 29.8 Å². The highest BCUT2D eigenvalue weighted by molar-refractivity contribution is 5.92. The van der Waals surface area contributed by atoms with Crippen LogP contribution in [0.2, 0.25) is 0 Å². The number of amides is 2. The molecule has 7 nitrogen and oxygen atoms in total. The molecule has 0 saturated carbocycles. The van der Waals surface area contributed by atoms with Gasteiger partial charge in [0.15, 0.2) is 0 Å². The highest BCUT2D eigenvalue weighted by Crippen LogP contribution is 2.19. The summed E-state index contributed by atoms with van der Waals surface area (Å²) < 4.78 is 11.4. The molecule has 1 fully saturated rings. The molecule has 1 heterocycles. The third-order valence-corrected chi connectivity index (χ3v) is 3.53. The Kier molecular flexibility index (Phi) is 5.95. The first kappa shape index (κ1) is 17.2. The molecule has 0 aliphatic carbocycles. The van der Waals surface area contributed by atoms with Crippen LogP contribution in [0.25, 0.3) is 0 Å². The summed E-state index contributed by atoms with van der Waals surface area (Å²) in [6.45, 7) is 1.32. The molecule has 1 aromatic carbocycles. The van der Waals surface area contributed by atoms with Crippen molar-refractivity contribution in [2.75, 3.05) is 33.9 Å². The predicted octanol–water partition coefficient (Wildman–Crippen LogP) is -0.000400. The molecule has 1 aliphatic heterocycles. The standard InChI is InChI=1S/C16H23N3O4/c1-19(2)9-15(20)18-13-10-22-8-7-14(13)23-12-5-3-11(4-6-12)16(17)21/h3-6,13-14H,7-10H2,1-2H3,(H2,17,21)(H,18,20)/t13-,14-/m1/s1. The summed E-state index contributed by atoms with van der Waals surface area (Å²) >= 11 is 0. The average Bonchev–Trinajstić information content (AvgIpc) is 2.49. The maximum Gasteiger partial charge on any atom is 0.248 e. The Hall–Kier alpha value is -2.12. The van der Waals surface area contributed by atoms with Crippen LogP contribution >= 0.6 is 0 Å². The number of hydrogen-bond donors (Lipinski definition) is 2. The zero-order chi connectivity index (χ0) is 16.8. The van der Waals surface area contributed by atoms with Gasteiger partial charge in [-0.3, -0.25) is 9.59 Å². The average molecular weight is 321 g/mol. The number of hydrogen-bond acceptors (Lipinski definition) is 5. The lowest BCUT2D eigenvalue weighted by Gasteiger charge is -2.32. The number of likely N-dealkylation sites (N-methyl/N-ethyl adjacent to an activating group) is 1. The zero-order valence-corrected chi connectivity index (χ0v) is 13.5. The number of carbonyl (C=O) groups is 2. The second kappa shape index (κ2) is 7.94. The summed E-state index contributed by atoms with van der Waals surface area (Å²) in [4.78, 5) is 24.8. The zero-order valence-electron chi connectivity index (χ0n) is 13.5. The monoisotopic (exact) mass is 321 g/mol. The Morgan fingerprint density at radius 1 is 1.35 bits per heavy atom. The van der Waals surface area contributed by atoms with Gasteiger partial charge >= 0.3 is 0 Å². The summed E-state index contributed by atoms with van der Waals surface area (Å²) in [7, 11) is 3.68. The number of ether oxygens (including phenoxy) is 2. The van der Waals surface area contributed by atoms with Crippen LogP contribution in [0.4, 0.5) is 0 Å². The van der Waals surface area contributed by atoms with Crippen molar-refractivity contribution < 1.29 is 19.1 Å². The highest BCUT2D eigenvalue weighted by Gasteiger charge is 2.29. The van der Waals surface area contributed by atoms with Crippen molar-refractivity contribution in [2.24, 2.45) is 5.73 Å². The van der Waals surface area contributed by atoms with E-state index in [-0.39, 0.29) is 18.1 Å². The Morgan fingerprint density at radius 2 is 2.04 bits per heavy atom. The molecule has 3 N–H and O–H groups in total. The predicted molar refractivity (Wildman–Crippen MR) is 85.3 cm³/mol. The normalized spacial score (nSPS) is 21.0. The van der Waals surface area contributed by atoms with E-state index in [1.165, 1.54) is 0 Å². The summed E-state index contributed by atoms with van der Waals surface area (Å²) in [5.41, 5.74) is 5.65. The molecule has 0 aromatic heterocycles. The van der Waals surface area contributed by atoms with Crippen LogP contribution in [-0.2, 0) is 9.53 Å². The van der Waals surface area contributed by atoms with Crippen LogP contribution in [0.3, 0.4) is 0 Å². The molecular formula is C16H23N3O4. The van der Waals surface area contributed by atoms with Crippen molar-refractivity contribution in [3.63, 3.8) is 0 Å². The first-order valence-corrected chi connectivity index (χ1v) is 7.54. The van der Waals surface area contributed by atoms with Gasteiger partial charge in [-0.1, -0.05) is 0 Å². The molecule has 2 amide bonds. The molecule has 126 valence electrons. The number of benzene rings is 1. The van der Waals surface area contributed by atoms with Crippen molar-refractivity contribution in [3.8, 4) is 5.75 Å². The maximum absolute atomic E-state index is 11.9.